The zero-order valence-corrected chi connectivity index (χ0v) is 18.9. The molecule has 0 radical (unpaired) electrons. The van der Waals surface area contributed by atoms with Crippen molar-refractivity contribution < 1.29 is 17.6 Å². The number of hydrogen-bond acceptors (Lipinski definition) is 6. The van der Waals surface area contributed by atoms with Crippen LogP contribution in [0.1, 0.15) is 24.4 Å². The van der Waals surface area contributed by atoms with Crippen LogP contribution in [0.15, 0.2) is 35.2 Å². The average molecular weight is 450 g/mol. The van der Waals surface area contributed by atoms with Gasteiger partial charge in [-0.05, 0) is 44.5 Å². The third-order valence-electron chi connectivity index (χ3n) is 5.29. The highest BCUT2D eigenvalue weighted by Gasteiger charge is 2.24. The number of carbonyl (C=O) groups excluding carboxylic acids is 1. The molecule has 1 aromatic carbocycles. The van der Waals surface area contributed by atoms with E-state index in [1.165, 1.54) is 23.5 Å². The Morgan fingerprint density at radius 3 is 2.35 bits per heavy atom. The number of hydrogen-bond donors (Lipinski definition) is 0. The quantitative estimate of drug-likeness (QED) is 0.643. The van der Waals surface area contributed by atoms with Crippen molar-refractivity contribution in [1.82, 2.24) is 19.2 Å². The summed E-state index contributed by atoms with van der Waals surface area (Å²) >= 11 is 0. The van der Waals surface area contributed by atoms with Crippen molar-refractivity contribution in [3.63, 3.8) is 0 Å². The molecule has 0 atom stereocenters. The molecule has 10 heteroatoms. The zero-order valence-electron chi connectivity index (χ0n) is 18.1. The number of carbonyl (C=O) groups is 1. The maximum atomic E-state index is 13.0. The van der Waals surface area contributed by atoms with Gasteiger partial charge in [0.05, 0.1) is 4.90 Å². The standard InChI is InChI=1S/C21H28FN5O3S/c1-16-15-20(24-17(2)23-16)26-11-13-27(14-12-26)21(28)5-4-10-25(3)31(29,30)19-8-6-18(22)7-9-19/h6-9,15H,4-5,10-14H2,1-3H3. The molecule has 8 nitrogen and oxygen atoms in total. The lowest BCUT2D eigenvalue weighted by Gasteiger charge is -2.35. The summed E-state index contributed by atoms with van der Waals surface area (Å²) in [6.45, 7) is 6.61. The minimum Gasteiger partial charge on any atom is -0.353 e. The first-order valence-electron chi connectivity index (χ1n) is 10.2. The molecule has 3 rings (SSSR count). The Bertz CT molecular complexity index is 1000. The molecule has 168 valence electrons. The second-order valence-electron chi connectivity index (χ2n) is 7.67. The number of aromatic nitrogens is 2. The van der Waals surface area contributed by atoms with E-state index in [1.54, 1.807) is 0 Å². The van der Waals surface area contributed by atoms with Crippen LogP contribution in [0, 0.1) is 19.7 Å². The smallest absolute Gasteiger partial charge is 0.242 e. The molecule has 1 aromatic heterocycles. The van der Waals surface area contributed by atoms with Gasteiger partial charge in [-0.25, -0.2) is 27.1 Å². The van der Waals surface area contributed by atoms with E-state index in [0.29, 0.717) is 32.6 Å². The van der Waals surface area contributed by atoms with Crippen molar-refractivity contribution in [2.24, 2.45) is 0 Å². The van der Waals surface area contributed by atoms with Crippen molar-refractivity contribution in [3.05, 3.63) is 47.7 Å². The number of amides is 1. The molecule has 0 N–H and O–H groups in total. The molecule has 1 fully saturated rings. The van der Waals surface area contributed by atoms with E-state index in [2.05, 4.69) is 14.9 Å². The maximum absolute atomic E-state index is 13.0. The Morgan fingerprint density at radius 1 is 1.10 bits per heavy atom. The van der Waals surface area contributed by atoms with Gasteiger partial charge in [0.25, 0.3) is 0 Å². The van der Waals surface area contributed by atoms with E-state index in [1.807, 2.05) is 24.8 Å². The normalized spacial score (nSPS) is 14.9. The van der Waals surface area contributed by atoms with Gasteiger partial charge >= 0.3 is 0 Å². The molecule has 1 amide bonds. The molecule has 31 heavy (non-hydrogen) atoms. The van der Waals surface area contributed by atoms with E-state index in [9.17, 15) is 17.6 Å². The number of rotatable bonds is 7. The fraction of sp³-hybridized carbons (Fsp3) is 0.476. The van der Waals surface area contributed by atoms with Crippen molar-refractivity contribution in [2.75, 3.05) is 44.7 Å². The monoisotopic (exact) mass is 449 g/mol. The average Bonchev–Trinajstić information content (AvgIpc) is 2.73. The van der Waals surface area contributed by atoms with Gasteiger partial charge in [0.15, 0.2) is 0 Å². The summed E-state index contributed by atoms with van der Waals surface area (Å²) in [6, 6.07) is 6.67. The lowest BCUT2D eigenvalue weighted by Crippen LogP contribution is -2.49. The Morgan fingerprint density at radius 2 is 1.74 bits per heavy atom. The third kappa shape index (κ3) is 5.76. The third-order valence-corrected chi connectivity index (χ3v) is 7.17. The molecule has 2 aromatic rings. The number of benzene rings is 1. The summed E-state index contributed by atoms with van der Waals surface area (Å²) in [5, 5.41) is 0. The molecule has 0 spiro atoms. The summed E-state index contributed by atoms with van der Waals surface area (Å²) in [5.74, 6) is 1.14. The molecule has 0 aliphatic carbocycles. The van der Waals surface area contributed by atoms with Gasteiger partial charge in [0.1, 0.15) is 17.5 Å². The predicted octanol–water partition coefficient (Wildman–Crippen LogP) is 1.98. The lowest BCUT2D eigenvalue weighted by molar-refractivity contribution is -0.131. The van der Waals surface area contributed by atoms with E-state index in [0.717, 1.165) is 29.5 Å². The Labute approximate surface area is 182 Å². The van der Waals surface area contributed by atoms with Gasteiger partial charge in [0.2, 0.25) is 15.9 Å². The van der Waals surface area contributed by atoms with Crippen LogP contribution < -0.4 is 4.90 Å². The Kier molecular flexibility index (Phi) is 7.22. The second-order valence-corrected chi connectivity index (χ2v) is 9.71. The number of anilines is 1. The lowest BCUT2D eigenvalue weighted by atomic mass is 10.2. The number of aryl methyl sites for hydroxylation is 2. The summed E-state index contributed by atoms with van der Waals surface area (Å²) in [7, 11) is -2.23. The highest BCUT2D eigenvalue weighted by atomic mass is 32.2. The van der Waals surface area contributed by atoms with Crippen molar-refractivity contribution in [1.29, 1.82) is 0 Å². The number of halogens is 1. The van der Waals surface area contributed by atoms with Crippen LogP contribution in [0.2, 0.25) is 0 Å². The fourth-order valence-corrected chi connectivity index (χ4v) is 4.77. The number of nitrogens with zero attached hydrogens (tertiary/aromatic N) is 5. The molecule has 0 saturated carbocycles. The van der Waals surface area contributed by atoms with Crippen LogP contribution in [-0.4, -0.2) is 73.3 Å². The van der Waals surface area contributed by atoms with Gasteiger partial charge in [-0.1, -0.05) is 0 Å². The maximum Gasteiger partial charge on any atom is 0.242 e. The van der Waals surface area contributed by atoms with Crippen LogP contribution in [0.5, 0.6) is 0 Å². The number of piperazine rings is 1. The summed E-state index contributed by atoms with van der Waals surface area (Å²) in [4.78, 5) is 25.3. The summed E-state index contributed by atoms with van der Waals surface area (Å²) in [5.41, 5.74) is 0.917. The van der Waals surface area contributed by atoms with Crippen molar-refractivity contribution in [2.45, 2.75) is 31.6 Å². The SMILES string of the molecule is Cc1cc(N2CCN(C(=O)CCCN(C)S(=O)(=O)c3ccc(F)cc3)CC2)nc(C)n1. The predicted molar refractivity (Wildman–Crippen MR) is 116 cm³/mol. The molecule has 1 aliphatic rings. The summed E-state index contributed by atoms with van der Waals surface area (Å²) in [6.07, 6.45) is 0.690. The first-order chi connectivity index (χ1) is 14.7. The van der Waals surface area contributed by atoms with E-state index in [-0.39, 0.29) is 23.8 Å². The molecule has 2 heterocycles. The first kappa shape index (κ1) is 23.1. The molecule has 1 saturated heterocycles. The van der Waals surface area contributed by atoms with Crippen LogP contribution in [0.4, 0.5) is 10.2 Å². The second kappa shape index (κ2) is 9.69. The molecule has 1 aliphatic heterocycles. The largest absolute Gasteiger partial charge is 0.353 e. The number of sulfonamides is 1. The summed E-state index contributed by atoms with van der Waals surface area (Å²) < 4.78 is 39.3. The highest BCUT2D eigenvalue weighted by Crippen LogP contribution is 2.17. The minimum atomic E-state index is -3.70. The van der Waals surface area contributed by atoms with Gasteiger partial charge < -0.3 is 9.80 Å². The van der Waals surface area contributed by atoms with E-state index < -0.39 is 15.8 Å². The topological polar surface area (TPSA) is 86.7 Å². The van der Waals surface area contributed by atoms with Crippen molar-refractivity contribution >= 4 is 21.7 Å². The Hall–Kier alpha value is -2.59. The van der Waals surface area contributed by atoms with Gasteiger partial charge in [-0.3, -0.25) is 4.79 Å². The van der Waals surface area contributed by atoms with Gasteiger partial charge in [-0.15, -0.1) is 0 Å². The highest BCUT2D eigenvalue weighted by molar-refractivity contribution is 7.89. The molecular weight excluding hydrogens is 421 g/mol. The minimum absolute atomic E-state index is 0.0160. The van der Waals surface area contributed by atoms with Crippen LogP contribution in [0.25, 0.3) is 0 Å². The van der Waals surface area contributed by atoms with Gasteiger partial charge in [-0.2, -0.15) is 0 Å². The van der Waals surface area contributed by atoms with Gasteiger partial charge in [0, 0.05) is 58.0 Å². The van der Waals surface area contributed by atoms with Crippen LogP contribution in [-0.2, 0) is 14.8 Å². The first-order valence-corrected chi connectivity index (χ1v) is 11.7. The molecule has 0 bridgehead atoms. The Balaban J connectivity index is 1.46. The van der Waals surface area contributed by atoms with Crippen LogP contribution >= 0.6 is 0 Å². The fourth-order valence-electron chi connectivity index (χ4n) is 3.56. The zero-order chi connectivity index (χ0) is 22.6. The van der Waals surface area contributed by atoms with E-state index >= 15 is 0 Å². The van der Waals surface area contributed by atoms with E-state index in [4.69, 9.17) is 0 Å². The van der Waals surface area contributed by atoms with Crippen LogP contribution in [0.3, 0.4) is 0 Å². The van der Waals surface area contributed by atoms with Crippen molar-refractivity contribution in [3.8, 4) is 0 Å². The molecular formula is C21H28FN5O3S. The molecule has 0 unspecified atom stereocenters.